The zero-order valence-electron chi connectivity index (χ0n) is 28.3. The summed E-state index contributed by atoms with van der Waals surface area (Å²) in [6.45, 7) is 6.10. The van der Waals surface area contributed by atoms with E-state index in [-0.39, 0.29) is 22.5 Å². The van der Waals surface area contributed by atoms with Crippen LogP contribution in [0.4, 0.5) is 0 Å². The first-order valence-electron chi connectivity index (χ1n) is 16.5. The normalized spacial score (nSPS) is 15.2. The predicted octanol–water partition coefficient (Wildman–Crippen LogP) is 6.16. The number of carbonyl (C=O) groups is 1. The average Bonchev–Trinajstić information content (AvgIpc) is 3.65. The molecule has 49 heavy (non-hydrogen) atoms. The third-order valence-corrected chi connectivity index (χ3v) is 11.6. The molecule has 1 atom stereocenters. The van der Waals surface area contributed by atoms with Crippen molar-refractivity contribution in [2.45, 2.75) is 37.6 Å². The van der Waals surface area contributed by atoms with Gasteiger partial charge in [0.1, 0.15) is 0 Å². The van der Waals surface area contributed by atoms with E-state index in [1.165, 1.54) is 8.87 Å². The fraction of sp³-hybridized carbons (Fsp3) is 0.289. The number of nitrogens with zero attached hydrogens (tertiary/aromatic N) is 5. The number of amides is 1. The first-order chi connectivity index (χ1) is 23.4. The molecule has 0 aliphatic carbocycles. The fourth-order valence-electron chi connectivity index (χ4n) is 6.96. The largest absolute Gasteiger partial charge is 0.345 e. The number of nitrogens with one attached hydrogen (secondary N) is 1. The first kappa shape index (κ1) is 32.5. The van der Waals surface area contributed by atoms with Crippen LogP contribution >= 0.6 is 0 Å². The third-order valence-electron chi connectivity index (χ3n) is 9.94. The van der Waals surface area contributed by atoms with Gasteiger partial charge in [0.05, 0.1) is 15.9 Å². The van der Waals surface area contributed by atoms with E-state index in [1.54, 1.807) is 62.9 Å². The molecule has 3 aromatic heterocycles. The minimum atomic E-state index is -3.98. The molecule has 10 nitrogen and oxygen atoms in total. The number of aromatic amines is 1. The molecule has 0 saturated carbocycles. The fourth-order valence-corrected chi connectivity index (χ4v) is 8.29. The van der Waals surface area contributed by atoms with E-state index in [2.05, 4.69) is 23.9 Å². The van der Waals surface area contributed by atoms with Crippen molar-refractivity contribution in [3.05, 3.63) is 107 Å². The summed E-state index contributed by atoms with van der Waals surface area (Å²) in [7, 11) is 1.55. The second kappa shape index (κ2) is 12.5. The van der Waals surface area contributed by atoms with Crippen LogP contribution in [0.5, 0.6) is 0 Å². The molecule has 7 rings (SSSR count). The maximum atomic E-state index is 14.0. The zero-order valence-corrected chi connectivity index (χ0v) is 29.2. The first-order valence-corrected chi connectivity index (χ1v) is 17.9. The van der Waals surface area contributed by atoms with E-state index in [0.29, 0.717) is 28.1 Å². The molecule has 0 spiro atoms. The van der Waals surface area contributed by atoms with Crippen molar-refractivity contribution in [3.8, 4) is 22.3 Å². The Morgan fingerprint density at radius 2 is 1.61 bits per heavy atom. The number of rotatable bonds is 7. The standard InChI is InChI=1S/C38H40N6O4S/c1-24-6-13-31(14-7-24)49(47,48)43-23-33(27-8-10-28(11-9-27)37(45)41(3)4)32-20-30(22-39-36(32)43)29-12-15-35-34(21-29)40-38(46)44(35)25(2)26-16-18-42(5)19-17-26/h6-15,20-23,25-26H,16-19H2,1-5H3,(H,40,46). The van der Waals surface area contributed by atoms with Crippen LogP contribution in [-0.2, 0) is 10.0 Å². The quantitative estimate of drug-likeness (QED) is 0.217. The number of fused-ring (bicyclic) bond motifs is 2. The van der Waals surface area contributed by atoms with E-state index in [9.17, 15) is 18.0 Å². The highest BCUT2D eigenvalue weighted by atomic mass is 32.2. The molecule has 1 aliphatic heterocycles. The van der Waals surface area contributed by atoms with Gasteiger partial charge in [-0.2, -0.15) is 0 Å². The highest BCUT2D eigenvalue weighted by Crippen LogP contribution is 2.36. The predicted molar refractivity (Wildman–Crippen MR) is 193 cm³/mol. The van der Waals surface area contributed by atoms with Crippen LogP contribution in [0.1, 0.15) is 41.7 Å². The molecule has 11 heteroatoms. The third kappa shape index (κ3) is 5.87. The summed E-state index contributed by atoms with van der Waals surface area (Å²) in [5.41, 5.74) is 6.28. The van der Waals surface area contributed by atoms with E-state index in [4.69, 9.17) is 4.98 Å². The van der Waals surface area contributed by atoms with Crippen molar-refractivity contribution in [2.75, 3.05) is 34.2 Å². The lowest BCUT2D eigenvalue weighted by Gasteiger charge is -2.33. The number of carbonyl (C=O) groups excluding carboxylic acids is 1. The summed E-state index contributed by atoms with van der Waals surface area (Å²) < 4.78 is 31.1. The number of hydrogen-bond donors (Lipinski definition) is 1. The van der Waals surface area contributed by atoms with Crippen molar-refractivity contribution < 1.29 is 13.2 Å². The minimum absolute atomic E-state index is 0.0658. The summed E-state index contributed by atoms with van der Waals surface area (Å²) in [6.07, 6.45) is 5.38. The highest BCUT2D eigenvalue weighted by Gasteiger charge is 2.27. The molecule has 1 fully saturated rings. The highest BCUT2D eigenvalue weighted by molar-refractivity contribution is 7.90. The number of imidazole rings is 1. The Bertz CT molecular complexity index is 2360. The Labute approximate surface area is 285 Å². The Balaban J connectivity index is 1.33. The molecular weight excluding hydrogens is 637 g/mol. The monoisotopic (exact) mass is 676 g/mol. The van der Waals surface area contributed by atoms with Crippen molar-refractivity contribution in [1.29, 1.82) is 0 Å². The van der Waals surface area contributed by atoms with Crippen LogP contribution in [-0.4, -0.2) is 76.9 Å². The van der Waals surface area contributed by atoms with Crippen LogP contribution in [0.2, 0.25) is 0 Å². The van der Waals surface area contributed by atoms with Gasteiger partial charge < -0.3 is 14.8 Å². The van der Waals surface area contributed by atoms with Gasteiger partial charge in [-0.05, 0) is 106 Å². The van der Waals surface area contributed by atoms with Crippen molar-refractivity contribution in [1.82, 2.24) is 28.3 Å². The van der Waals surface area contributed by atoms with Crippen molar-refractivity contribution in [2.24, 2.45) is 5.92 Å². The van der Waals surface area contributed by atoms with Crippen LogP contribution in [0.25, 0.3) is 44.3 Å². The van der Waals surface area contributed by atoms with Gasteiger partial charge in [0.25, 0.3) is 15.9 Å². The Kier molecular flexibility index (Phi) is 8.28. The number of H-pyrrole nitrogens is 1. The summed E-state index contributed by atoms with van der Waals surface area (Å²) in [6, 6.07) is 21.8. The molecule has 0 radical (unpaired) electrons. The van der Waals surface area contributed by atoms with Gasteiger partial charge in [-0.1, -0.05) is 35.9 Å². The Morgan fingerprint density at radius 3 is 2.29 bits per heavy atom. The average molecular weight is 677 g/mol. The maximum Gasteiger partial charge on any atom is 0.326 e. The number of pyridine rings is 1. The van der Waals surface area contributed by atoms with E-state index in [0.717, 1.165) is 59.2 Å². The second-order valence-electron chi connectivity index (χ2n) is 13.4. The summed E-state index contributed by atoms with van der Waals surface area (Å²) in [4.78, 5) is 37.6. The summed E-state index contributed by atoms with van der Waals surface area (Å²) in [5, 5.41) is 0.641. The van der Waals surface area contributed by atoms with E-state index < -0.39 is 10.0 Å². The van der Waals surface area contributed by atoms with Gasteiger partial charge >= 0.3 is 5.69 Å². The van der Waals surface area contributed by atoms with Gasteiger partial charge in [-0.15, -0.1) is 0 Å². The number of aryl methyl sites for hydroxylation is 1. The maximum absolute atomic E-state index is 14.0. The van der Waals surface area contributed by atoms with E-state index in [1.807, 2.05) is 47.9 Å². The van der Waals surface area contributed by atoms with Crippen LogP contribution in [0, 0.1) is 12.8 Å². The lowest BCUT2D eigenvalue weighted by molar-refractivity contribution is 0.0827. The lowest BCUT2D eigenvalue weighted by Crippen LogP contribution is -2.35. The molecule has 1 aliphatic rings. The molecule has 1 saturated heterocycles. The number of benzene rings is 3. The van der Waals surface area contributed by atoms with Crippen LogP contribution in [0.3, 0.4) is 0 Å². The summed E-state index contributed by atoms with van der Waals surface area (Å²) >= 11 is 0. The van der Waals surface area contributed by atoms with E-state index >= 15 is 0 Å². The second-order valence-corrected chi connectivity index (χ2v) is 15.3. The van der Waals surface area contributed by atoms with Gasteiger partial charge in [0.2, 0.25) is 0 Å². The van der Waals surface area contributed by atoms with Gasteiger partial charge in [0, 0.05) is 54.6 Å². The topological polar surface area (TPSA) is 113 Å². The number of likely N-dealkylation sites (tertiary alicyclic amines) is 1. The molecular formula is C38H40N6O4S. The number of piperidine rings is 1. The SMILES string of the molecule is Cc1ccc(S(=O)(=O)n2cc(-c3ccc(C(=O)N(C)C)cc3)c3cc(-c4ccc5c(c4)[nH]c(=O)n5C(C)C4CCN(C)CC4)cnc32)cc1. The van der Waals surface area contributed by atoms with Crippen molar-refractivity contribution >= 4 is 38.0 Å². The Hall–Kier alpha value is -5.00. The molecule has 0 bridgehead atoms. The van der Waals surface area contributed by atoms with Gasteiger partial charge in [0.15, 0.2) is 5.65 Å². The summed E-state index contributed by atoms with van der Waals surface area (Å²) in [5.74, 6) is 0.302. The van der Waals surface area contributed by atoms with Crippen LogP contribution < -0.4 is 5.69 Å². The molecule has 252 valence electrons. The minimum Gasteiger partial charge on any atom is -0.345 e. The number of hydrogen-bond acceptors (Lipinski definition) is 6. The van der Waals surface area contributed by atoms with Crippen LogP contribution in [0.15, 0.2) is 94.9 Å². The lowest BCUT2D eigenvalue weighted by atomic mass is 9.90. The Morgan fingerprint density at radius 1 is 0.939 bits per heavy atom. The molecule has 1 N–H and O–H groups in total. The van der Waals surface area contributed by atoms with Crippen molar-refractivity contribution in [3.63, 3.8) is 0 Å². The zero-order chi connectivity index (χ0) is 34.6. The smallest absolute Gasteiger partial charge is 0.326 e. The van der Waals surface area contributed by atoms with Gasteiger partial charge in [-0.3, -0.25) is 9.36 Å². The number of aromatic nitrogens is 4. The van der Waals surface area contributed by atoms with Gasteiger partial charge in [-0.25, -0.2) is 22.2 Å². The molecule has 1 amide bonds. The molecule has 3 aromatic carbocycles. The molecule has 6 aromatic rings. The molecule has 4 heterocycles. The molecule has 1 unspecified atom stereocenters.